The van der Waals surface area contributed by atoms with E-state index in [0.29, 0.717) is 5.56 Å². The third kappa shape index (κ3) is 3.55. The van der Waals surface area contributed by atoms with Crippen LogP contribution in [0.4, 0.5) is 11.8 Å². The molecule has 118 valence electrons. The predicted octanol–water partition coefficient (Wildman–Crippen LogP) is 2.13. The summed E-state index contributed by atoms with van der Waals surface area (Å²) in [6.07, 6.45) is 0. The first-order chi connectivity index (χ1) is 10.7. The summed E-state index contributed by atoms with van der Waals surface area (Å²) < 4.78 is 5.39. The molecular weight excluding hydrogens is 294 g/mol. The molecule has 7 nitrogen and oxygen atoms in total. The monoisotopic (exact) mass is 311 g/mol. The Morgan fingerprint density at radius 2 is 1.87 bits per heavy atom. The molecule has 1 aromatic heterocycles. The number of anilines is 2. The molecule has 2 aromatic rings. The Morgan fingerprint density at radius 1 is 1.22 bits per heavy atom. The first kappa shape index (κ1) is 16.2. The van der Waals surface area contributed by atoms with E-state index in [0.717, 1.165) is 0 Å². The molecule has 0 aliphatic heterocycles. The largest absolute Gasteiger partial charge is 0.456 e. The molecule has 0 radical (unpaired) electrons. The fourth-order valence-electron chi connectivity index (χ4n) is 2.00. The van der Waals surface area contributed by atoms with Crippen molar-refractivity contribution >= 4 is 17.7 Å². The molecule has 4 N–H and O–H groups in total. The third-order valence-corrected chi connectivity index (χ3v) is 2.87. The molecule has 1 aromatic carbocycles. The van der Waals surface area contributed by atoms with E-state index in [2.05, 4.69) is 9.97 Å². The van der Waals surface area contributed by atoms with Gasteiger partial charge in [-0.25, -0.2) is 9.78 Å². The van der Waals surface area contributed by atoms with Gasteiger partial charge >= 0.3 is 5.97 Å². The number of hydrogen-bond donors (Lipinski definition) is 2. The maximum absolute atomic E-state index is 12.4. The average molecular weight is 311 g/mol. The number of nitrogens with two attached hydrogens (primary N) is 2. The molecule has 0 unspecified atom stereocenters. The van der Waals surface area contributed by atoms with Crippen LogP contribution in [0, 0.1) is 11.3 Å². The normalized spacial score (nSPS) is 10.9. The van der Waals surface area contributed by atoms with Crippen molar-refractivity contribution in [3.63, 3.8) is 0 Å². The number of carbonyl (C=O) groups is 1. The van der Waals surface area contributed by atoms with E-state index in [-0.39, 0.29) is 28.6 Å². The van der Waals surface area contributed by atoms with Crippen molar-refractivity contribution in [2.75, 3.05) is 11.5 Å². The van der Waals surface area contributed by atoms with Crippen molar-refractivity contribution in [3.05, 3.63) is 35.4 Å². The van der Waals surface area contributed by atoms with Gasteiger partial charge in [-0.2, -0.15) is 10.2 Å². The minimum Gasteiger partial charge on any atom is -0.456 e. The topological polar surface area (TPSA) is 128 Å². The standard InChI is InChI=1S/C16H17N5O2/c1-16(2,3)23-14(22)10-7-5-4-6-9(10)12-11(8-17)13(18)21-15(19)20-12/h4-7H,1-3H3,(H4,18,19,20,21). The summed E-state index contributed by atoms with van der Waals surface area (Å²) in [6.45, 7) is 5.32. The van der Waals surface area contributed by atoms with Crippen LogP contribution >= 0.6 is 0 Å². The smallest absolute Gasteiger partial charge is 0.339 e. The van der Waals surface area contributed by atoms with Crippen LogP contribution in [0.1, 0.15) is 36.7 Å². The number of aromatic nitrogens is 2. The highest BCUT2D eigenvalue weighted by atomic mass is 16.6. The highest BCUT2D eigenvalue weighted by Gasteiger charge is 2.23. The van der Waals surface area contributed by atoms with Gasteiger partial charge in [0.05, 0.1) is 11.3 Å². The lowest BCUT2D eigenvalue weighted by Gasteiger charge is -2.20. The van der Waals surface area contributed by atoms with Gasteiger partial charge in [-0.1, -0.05) is 18.2 Å². The lowest BCUT2D eigenvalue weighted by molar-refractivity contribution is 0.00704. The van der Waals surface area contributed by atoms with E-state index in [1.807, 2.05) is 6.07 Å². The van der Waals surface area contributed by atoms with Gasteiger partial charge in [0.15, 0.2) is 0 Å². The van der Waals surface area contributed by atoms with E-state index in [1.54, 1.807) is 45.0 Å². The summed E-state index contributed by atoms with van der Waals surface area (Å²) in [7, 11) is 0. The fourth-order valence-corrected chi connectivity index (χ4v) is 2.00. The van der Waals surface area contributed by atoms with E-state index >= 15 is 0 Å². The minimum absolute atomic E-state index is 0.0333. The summed E-state index contributed by atoms with van der Waals surface area (Å²) in [5.41, 5.74) is 11.7. The first-order valence-electron chi connectivity index (χ1n) is 6.89. The second-order valence-corrected chi connectivity index (χ2v) is 5.85. The van der Waals surface area contributed by atoms with Crippen LogP contribution in [0.5, 0.6) is 0 Å². The van der Waals surface area contributed by atoms with Gasteiger partial charge in [0.1, 0.15) is 23.1 Å². The predicted molar refractivity (Wildman–Crippen MR) is 86.2 cm³/mol. The molecule has 0 aliphatic rings. The van der Waals surface area contributed by atoms with E-state index in [9.17, 15) is 10.1 Å². The summed E-state index contributed by atoms with van der Waals surface area (Å²) in [6, 6.07) is 8.61. The number of hydrogen-bond acceptors (Lipinski definition) is 7. The molecule has 0 amide bonds. The molecule has 0 spiro atoms. The van der Waals surface area contributed by atoms with Crippen molar-refractivity contribution in [1.82, 2.24) is 9.97 Å². The van der Waals surface area contributed by atoms with E-state index in [1.165, 1.54) is 0 Å². The quantitative estimate of drug-likeness (QED) is 0.813. The van der Waals surface area contributed by atoms with Gasteiger partial charge in [0.25, 0.3) is 0 Å². The summed E-state index contributed by atoms with van der Waals surface area (Å²) >= 11 is 0. The maximum atomic E-state index is 12.4. The molecule has 1 heterocycles. The Kier molecular flexibility index (Phi) is 4.18. The molecule has 0 aliphatic carbocycles. The van der Waals surface area contributed by atoms with Gasteiger partial charge in [0.2, 0.25) is 5.95 Å². The van der Waals surface area contributed by atoms with Gasteiger partial charge in [-0.15, -0.1) is 0 Å². The van der Waals surface area contributed by atoms with Crippen LogP contribution < -0.4 is 11.5 Å². The molecule has 0 bridgehead atoms. The first-order valence-corrected chi connectivity index (χ1v) is 6.89. The number of benzene rings is 1. The molecule has 7 heteroatoms. The van der Waals surface area contributed by atoms with E-state index in [4.69, 9.17) is 16.2 Å². The highest BCUT2D eigenvalue weighted by molar-refractivity contribution is 5.98. The number of nitriles is 1. The number of carbonyl (C=O) groups excluding carboxylic acids is 1. The summed E-state index contributed by atoms with van der Waals surface area (Å²) in [5.74, 6) is -0.628. The van der Waals surface area contributed by atoms with Gasteiger partial charge in [-0.3, -0.25) is 0 Å². The van der Waals surface area contributed by atoms with Crippen molar-refractivity contribution in [2.45, 2.75) is 26.4 Å². The van der Waals surface area contributed by atoms with Crippen LogP contribution in [0.15, 0.2) is 24.3 Å². The molecule has 0 saturated heterocycles. The van der Waals surface area contributed by atoms with Crippen LogP contribution in [-0.4, -0.2) is 21.5 Å². The van der Waals surface area contributed by atoms with Crippen molar-refractivity contribution in [2.24, 2.45) is 0 Å². The van der Waals surface area contributed by atoms with Crippen LogP contribution in [0.3, 0.4) is 0 Å². The lowest BCUT2D eigenvalue weighted by Crippen LogP contribution is -2.24. The second-order valence-electron chi connectivity index (χ2n) is 5.85. The fraction of sp³-hybridized carbons (Fsp3) is 0.250. The third-order valence-electron chi connectivity index (χ3n) is 2.87. The SMILES string of the molecule is CC(C)(C)OC(=O)c1ccccc1-c1nc(N)nc(N)c1C#N. The number of esters is 1. The highest BCUT2D eigenvalue weighted by Crippen LogP contribution is 2.29. The molecule has 23 heavy (non-hydrogen) atoms. The Bertz CT molecular complexity index is 803. The number of ether oxygens (including phenoxy) is 1. The molecule has 0 saturated carbocycles. The summed E-state index contributed by atoms with van der Waals surface area (Å²) in [4.78, 5) is 20.3. The molecule has 0 atom stereocenters. The number of rotatable bonds is 2. The van der Waals surface area contributed by atoms with Crippen molar-refractivity contribution in [1.29, 1.82) is 5.26 Å². The molecule has 2 rings (SSSR count). The van der Waals surface area contributed by atoms with Crippen molar-refractivity contribution in [3.8, 4) is 17.3 Å². The molecule has 0 fully saturated rings. The van der Waals surface area contributed by atoms with Crippen LogP contribution in [0.25, 0.3) is 11.3 Å². The zero-order valence-corrected chi connectivity index (χ0v) is 13.1. The maximum Gasteiger partial charge on any atom is 0.339 e. The minimum atomic E-state index is -0.647. The Balaban J connectivity index is 2.63. The lowest BCUT2D eigenvalue weighted by atomic mass is 10.0. The van der Waals surface area contributed by atoms with Crippen LogP contribution in [0.2, 0.25) is 0 Å². The Labute approximate surface area is 133 Å². The van der Waals surface area contributed by atoms with Gasteiger partial charge in [0, 0.05) is 5.56 Å². The number of nitrogen functional groups attached to an aromatic ring is 2. The molecular formula is C16H17N5O2. The van der Waals surface area contributed by atoms with Crippen molar-refractivity contribution < 1.29 is 9.53 Å². The summed E-state index contributed by atoms with van der Waals surface area (Å²) in [5, 5.41) is 9.30. The van der Waals surface area contributed by atoms with Crippen LogP contribution in [-0.2, 0) is 4.74 Å². The van der Waals surface area contributed by atoms with Gasteiger partial charge < -0.3 is 16.2 Å². The Morgan fingerprint density at radius 3 is 2.48 bits per heavy atom. The zero-order valence-electron chi connectivity index (χ0n) is 13.1. The number of nitrogens with zero attached hydrogens (tertiary/aromatic N) is 3. The average Bonchev–Trinajstić information content (AvgIpc) is 2.44. The Hall–Kier alpha value is -3.14. The zero-order chi connectivity index (χ0) is 17.2. The van der Waals surface area contributed by atoms with Gasteiger partial charge in [-0.05, 0) is 26.8 Å². The second kappa shape index (κ2) is 5.93. The van der Waals surface area contributed by atoms with E-state index < -0.39 is 11.6 Å².